The topological polar surface area (TPSA) is 55.1 Å². The van der Waals surface area contributed by atoms with E-state index >= 15 is 0 Å². The van der Waals surface area contributed by atoms with Gasteiger partial charge in [0.2, 0.25) is 5.91 Å². The number of nitrogens with one attached hydrogen (secondary N) is 1. The van der Waals surface area contributed by atoms with Crippen molar-refractivity contribution in [1.29, 1.82) is 0 Å². The standard InChI is InChI=1S/C15H24N2O/c1-4-5-13(8-9-16)15(18)17-14-7-6-11(2)12(3)10-14/h6-7,10,13H,4-5,8-9,16H2,1-3H3,(H,17,18). The summed E-state index contributed by atoms with van der Waals surface area (Å²) < 4.78 is 0. The Kier molecular flexibility index (Phi) is 5.86. The van der Waals surface area contributed by atoms with Gasteiger partial charge in [-0.2, -0.15) is 0 Å². The Labute approximate surface area is 110 Å². The molecule has 0 aliphatic carbocycles. The Morgan fingerprint density at radius 3 is 2.56 bits per heavy atom. The average molecular weight is 248 g/mol. The number of nitrogens with two attached hydrogens (primary N) is 1. The fourth-order valence-corrected chi connectivity index (χ4v) is 2.02. The smallest absolute Gasteiger partial charge is 0.227 e. The summed E-state index contributed by atoms with van der Waals surface area (Å²) in [5, 5.41) is 2.99. The van der Waals surface area contributed by atoms with Crippen molar-refractivity contribution in [3.05, 3.63) is 29.3 Å². The second-order valence-corrected chi connectivity index (χ2v) is 4.85. The average Bonchev–Trinajstić information content (AvgIpc) is 2.33. The fraction of sp³-hybridized carbons (Fsp3) is 0.533. The number of carbonyl (C=O) groups is 1. The molecule has 1 rings (SSSR count). The molecular weight excluding hydrogens is 224 g/mol. The molecule has 0 saturated heterocycles. The van der Waals surface area contributed by atoms with Crippen molar-refractivity contribution in [2.24, 2.45) is 11.7 Å². The maximum atomic E-state index is 12.1. The van der Waals surface area contributed by atoms with Crippen LogP contribution in [0.4, 0.5) is 5.69 Å². The Morgan fingerprint density at radius 1 is 1.28 bits per heavy atom. The highest BCUT2D eigenvalue weighted by molar-refractivity contribution is 5.92. The lowest BCUT2D eigenvalue weighted by molar-refractivity contribution is -0.120. The number of amides is 1. The molecule has 3 N–H and O–H groups in total. The minimum atomic E-state index is 0.0293. The normalized spacial score (nSPS) is 12.2. The molecule has 0 saturated carbocycles. The molecule has 3 nitrogen and oxygen atoms in total. The molecule has 0 aliphatic rings. The third kappa shape index (κ3) is 4.15. The molecule has 1 aromatic carbocycles. The first kappa shape index (κ1) is 14.7. The number of anilines is 1. The van der Waals surface area contributed by atoms with Crippen LogP contribution in [0.5, 0.6) is 0 Å². The van der Waals surface area contributed by atoms with Crippen molar-refractivity contribution in [1.82, 2.24) is 0 Å². The predicted molar refractivity (Wildman–Crippen MR) is 76.6 cm³/mol. The maximum Gasteiger partial charge on any atom is 0.227 e. The lowest BCUT2D eigenvalue weighted by Gasteiger charge is -2.15. The van der Waals surface area contributed by atoms with Crippen molar-refractivity contribution in [2.45, 2.75) is 40.0 Å². The number of hydrogen-bond acceptors (Lipinski definition) is 2. The van der Waals surface area contributed by atoms with E-state index in [0.29, 0.717) is 6.54 Å². The third-order valence-electron chi connectivity index (χ3n) is 3.30. The highest BCUT2D eigenvalue weighted by Crippen LogP contribution is 2.17. The summed E-state index contributed by atoms with van der Waals surface area (Å²) in [5.41, 5.74) is 8.86. The van der Waals surface area contributed by atoms with E-state index in [1.54, 1.807) is 0 Å². The molecule has 0 radical (unpaired) electrons. The van der Waals surface area contributed by atoms with Crippen LogP contribution in [-0.2, 0) is 4.79 Å². The van der Waals surface area contributed by atoms with Gasteiger partial charge in [0, 0.05) is 11.6 Å². The minimum absolute atomic E-state index is 0.0293. The lowest BCUT2D eigenvalue weighted by atomic mass is 9.98. The molecule has 0 aliphatic heterocycles. The first-order chi connectivity index (χ1) is 8.58. The third-order valence-corrected chi connectivity index (χ3v) is 3.30. The largest absolute Gasteiger partial charge is 0.330 e. The van der Waals surface area contributed by atoms with Crippen molar-refractivity contribution < 1.29 is 4.79 Å². The quantitative estimate of drug-likeness (QED) is 0.813. The van der Waals surface area contributed by atoms with Gasteiger partial charge < -0.3 is 11.1 Å². The lowest BCUT2D eigenvalue weighted by Crippen LogP contribution is -2.25. The molecule has 0 fully saturated rings. The van der Waals surface area contributed by atoms with Crippen LogP contribution in [0.25, 0.3) is 0 Å². The Hall–Kier alpha value is -1.35. The van der Waals surface area contributed by atoms with E-state index in [4.69, 9.17) is 5.73 Å². The summed E-state index contributed by atoms with van der Waals surface area (Å²) in [7, 11) is 0. The summed E-state index contributed by atoms with van der Waals surface area (Å²) in [5.74, 6) is 0.118. The van der Waals surface area contributed by atoms with Gasteiger partial charge >= 0.3 is 0 Å². The van der Waals surface area contributed by atoms with Crippen molar-refractivity contribution in [2.75, 3.05) is 11.9 Å². The molecule has 100 valence electrons. The summed E-state index contributed by atoms with van der Waals surface area (Å²) in [6.45, 7) is 6.77. The minimum Gasteiger partial charge on any atom is -0.330 e. The van der Waals surface area contributed by atoms with Gasteiger partial charge in [-0.25, -0.2) is 0 Å². The van der Waals surface area contributed by atoms with Crippen molar-refractivity contribution in [3.8, 4) is 0 Å². The van der Waals surface area contributed by atoms with Crippen LogP contribution >= 0.6 is 0 Å². The van der Waals surface area contributed by atoms with Crippen LogP contribution in [0.1, 0.15) is 37.3 Å². The molecule has 1 amide bonds. The highest BCUT2D eigenvalue weighted by Gasteiger charge is 2.16. The summed E-state index contributed by atoms with van der Waals surface area (Å²) in [6, 6.07) is 5.99. The predicted octanol–water partition coefficient (Wildman–Crippen LogP) is 3.01. The molecular formula is C15H24N2O. The first-order valence-corrected chi connectivity index (χ1v) is 6.66. The van der Waals surface area contributed by atoms with E-state index in [1.807, 2.05) is 25.1 Å². The first-order valence-electron chi connectivity index (χ1n) is 6.66. The van der Waals surface area contributed by atoms with Gasteiger partial charge in [-0.15, -0.1) is 0 Å². The van der Waals surface area contributed by atoms with E-state index in [2.05, 4.69) is 19.2 Å². The summed E-state index contributed by atoms with van der Waals surface area (Å²) >= 11 is 0. The molecule has 0 spiro atoms. The van der Waals surface area contributed by atoms with E-state index < -0.39 is 0 Å². The molecule has 1 aromatic rings. The van der Waals surface area contributed by atoms with E-state index in [9.17, 15) is 4.79 Å². The van der Waals surface area contributed by atoms with E-state index in [1.165, 1.54) is 11.1 Å². The maximum absolute atomic E-state index is 12.1. The number of benzene rings is 1. The van der Waals surface area contributed by atoms with E-state index in [0.717, 1.165) is 24.9 Å². The van der Waals surface area contributed by atoms with Gasteiger partial charge in [0.05, 0.1) is 0 Å². The Morgan fingerprint density at radius 2 is 2.00 bits per heavy atom. The second-order valence-electron chi connectivity index (χ2n) is 4.85. The van der Waals surface area contributed by atoms with Gasteiger partial charge in [-0.3, -0.25) is 4.79 Å². The summed E-state index contributed by atoms with van der Waals surface area (Å²) in [6.07, 6.45) is 2.66. The molecule has 3 heteroatoms. The van der Waals surface area contributed by atoms with Crippen LogP contribution in [0.15, 0.2) is 18.2 Å². The van der Waals surface area contributed by atoms with Gasteiger partial charge in [0.1, 0.15) is 0 Å². The van der Waals surface area contributed by atoms with Crippen molar-refractivity contribution >= 4 is 11.6 Å². The van der Waals surface area contributed by atoms with Crippen molar-refractivity contribution in [3.63, 3.8) is 0 Å². The zero-order chi connectivity index (χ0) is 13.5. The molecule has 1 atom stereocenters. The summed E-state index contributed by atoms with van der Waals surface area (Å²) in [4.78, 5) is 12.1. The van der Waals surface area contributed by atoms with Gasteiger partial charge in [0.15, 0.2) is 0 Å². The number of rotatable bonds is 6. The zero-order valence-electron chi connectivity index (χ0n) is 11.6. The zero-order valence-corrected chi connectivity index (χ0v) is 11.6. The molecule has 1 unspecified atom stereocenters. The van der Waals surface area contributed by atoms with Gasteiger partial charge in [0.25, 0.3) is 0 Å². The number of carbonyl (C=O) groups excluding carboxylic acids is 1. The monoisotopic (exact) mass is 248 g/mol. The van der Waals surface area contributed by atoms with Crippen LogP contribution < -0.4 is 11.1 Å². The Balaban J connectivity index is 2.69. The van der Waals surface area contributed by atoms with E-state index in [-0.39, 0.29) is 11.8 Å². The highest BCUT2D eigenvalue weighted by atomic mass is 16.1. The molecule has 0 aromatic heterocycles. The second kappa shape index (κ2) is 7.17. The SMILES string of the molecule is CCCC(CCN)C(=O)Nc1ccc(C)c(C)c1. The van der Waals surface area contributed by atoms with Gasteiger partial charge in [-0.1, -0.05) is 19.4 Å². The Bertz CT molecular complexity index is 395. The molecule has 18 heavy (non-hydrogen) atoms. The van der Waals surface area contributed by atoms with Crippen LogP contribution in [0, 0.1) is 19.8 Å². The molecule has 0 bridgehead atoms. The number of aryl methyl sites for hydroxylation is 2. The fourth-order valence-electron chi connectivity index (χ4n) is 2.02. The van der Waals surface area contributed by atoms with Crippen LogP contribution in [0.3, 0.4) is 0 Å². The van der Waals surface area contributed by atoms with Crippen LogP contribution in [-0.4, -0.2) is 12.5 Å². The molecule has 0 heterocycles. The van der Waals surface area contributed by atoms with Gasteiger partial charge in [-0.05, 0) is 56.5 Å². The van der Waals surface area contributed by atoms with Crippen LogP contribution in [0.2, 0.25) is 0 Å². The number of hydrogen-bond donors (Lipinski definition) is 2.